The maximum atomic E-state index is 12.4. The lowest BCUT2D eigenvalue weighted by Crippen LogP contribution is -2.43. The van der Waals surface area contributed by atoms with Crippen LogP contribution in [0.1, 0.15) is 31.4 Å². The average molecular weight is 299 g/mol. The molecule has 1 aliphatic heterocycles. The van der Waals surface area contributed by atoms with Gasteiger partial charge in [-0.2, -0.15) is 0 Å². The van der Waals surface area contributed by atoms with E-state index in [1.807, 2.05) is 35.2 Å². The summed E-state index contributed by atoms with van der Waals surface area (Å²) < 4.78 is 5.68. The molecule has 22 heavy (non-hydrogen) atoms. The number of nitrogens with zero attached hydrogens (tertiary/aromatic N) is 1. The summed E-state index contributed by atoms with van der Waals surface area (Å²) >= 11 is 0. The number of hydrogen-bond acceptors (Lipinski definition) is 3. The molecule has 116 valence electrons. The van der Waals surface area contributed by atoms with Crippen LogP contribution in [0.25, 0.3) is 17.0 Å². The Kier molecular flexibility index (Phi) is 4.59. The molecule has 1 amide bonds. The molecule has 0 radical (unpaired) electrons. The third-order valence-electron chi connectivity index (χ3n) is 4.21. The van der Waals surface area contributed by atoms with E-state index in [1.54, 1.807) is 12.2 Å². The largest absolute Gasteiger partial charge is 0.457 e. The summed E-state index contributed by atoms with van der Waals surface area (Å²) in [5, 5.41) is 10.2. The van der Waals surface area contributed by atoms with E-state index in [4.69, 9.17) is 9.52 Å². The quantitative estimate of drug-likeness (QED) is 0.882. The van der Waals surface area contributed by atoms with E-state index < -0.39 is 0 Å². The fraction of sp³-hybridized carbons (Fsp3) is 0.389. The van der Waals surface area contributed by atoms with E-state index >= 15 is 0 Å². The molecule has 1 saturated heterocycles. The number of rotatable bonds is 4. The summed E-state index contributed by atoms with van der Waals surface area (Å²) in [6, 6.07) is 9.88. The third-order valence-corrected chi connectivity index (χ3v) is 4.21. The van der Waals surface area contributed by atoms with Crippen LogP contribution in [-0.2, 0) is 4.79 Å². The molecule has 0 bridgehead atoms. The summed E-state index contributed by atoms with van der Waals surface area (Å²) in [5.74, 6) is 0.684. The van der Waals surface area contributed by atoms with Gasteiger partial charge in [0.1, 0.15) is 11.3 Å². The highest BCUT2D eigenvalue weighted by molar-refractivity contribution is 5.92. The van der Waals surface area contributed by atoms with Gasteiger partial charge in [-0.1, -0.05) is 18.2 Å². The molecule has 1 aromatic carbocycles. The highest BCUT2D eigenvalue weighted by Crippen LogP contribution is 2.22. The molecule has 1 aromatic heterocycles. The van der Waals surface area contributed by atoms with Crippen molar-refractivity contribution in [2.75, 3.05) is 13.2 Å². The summed E-state index contributed by atoms with van der Waals surface area (Å²) in [6.07, 6.45) is 7.10. The first kappa shape index (κ1) is 14.9. The maximum absolute atomic E-state index is 12.4. The third kappa shape index (κ3) is 3.22. The van der Waals surface area contributed by atoms with Crippen molar-refractivity contribution in [1.29, 1.82) is 0 Å². The molecule has 1 atom stereocenters. The van der Waals surface area contributed by atoms with E-state index in [-0.39, 0.29) is 18.6 Å². The average Bonchev–Trinajstić information content (AvgIpc) is 2.96. The molecular weight excluding hydrogens is 278 g/mol. The molecule has 0 saturated carbocycles. The molecule has 1 fully saturated rings. The van der Waals surface area contributed by atoms with Gasteiger partial charge in [-0.05, 0) is 43.9 Å². The first-order valence-corrected chi connectivity index (χ1v) is 7.86. The van der Waals surface area contributed by atoms with Gasteiger partial charge in [-0.25, -0.2) is 0 Å². The Labute approximate surface area is 130 Å². The van der Waals surface area contributed by atoms with Gasteiger partial charge in [-0.3, -0.25) is 4.79 Å². The molecule has 1 aliphatic rings. The van der Waals surface area contributed by atoms with Crippen LogP contribution in [0.2, 0.25) is 0 Å². The second kappa shape index (κ2) is 6.79. The number of benzene rings is 1. The lowest BCUT2D eigenvalue weighted by atomic mass is 9.99. The van der Waals surface area contributed by atoms with Crippen LogP contribution in [-0.4, -0.2) is 35.1 Å². The summed E-state index contributed by atoms with van der Waals surface area (Å²) in [7, 11) is 0. The number of furan rings is 1. The smallest absolute Gasteiger partial charge is 0.246 e. The van der Waals surface area contributed by atoms with E-state index in [1.165, 1.54) is 0 Å². The van der Waals surface area contributed by atoms with E-state index in [2.05, 4.69) is 0 Å². The van der Waals surface area contributed by atoms with Crippen LogP contribution in [0.5, 0.6) is 0 Å². The van der Waals surface area contributed by atoms with E-state index in [9.17, 15) is 4.79 Å². The van der Waals surface area contributed by atoms with Gasteiger partial charge >= 0.3 is 0 Å². The van der Waals surface area contributed by atoms with Gasteiger partial charge in [0.15, 0.2) is 0 Å². The number of para-hydroxylation sites is 1. The zero-order valence-electron chi connectivity index (χ0n) is 12.6. The lowest BCUT2D eigenvalue weighted by molar-refractivity contribution is -0.129. The predicted molar refractivity (Wildman–Crippen MR) is 86.3 cm³/mol. The van der Waals surface area contributed by atoms with Crippen LogP contribution in [0.3, 0.4) is 0 Å². The number of fused-ring (bicyclic) bond motifs is 1. The molecular formula is C18H21NO3. The number of piperidine rings is 1. The second-order valence-electron chi connectivity index (χ2n) is 5.71. The van der Waals surface area contributed by atoms with Crippen molar-refractivity contribution >= 4 is 23.0 Å². The molecule has 4 heteroatoms. The molecule has 1 unspecified atom stereocenters. The predicted octanol–water partition coefficient (Wildman–Crippen LogP) is 3.21. The number of aliphatic hydroxyl groups is 1. The van der Waals surface area contributed by atoms with Crippen molar-refractivity contribution in [3.05, 3.63) is 42.2 Å². The SMILES string of the molecule is O=C(/C=C/c1cc2ccccc2o1)N1CCCCC1CCO. The molecule has 4 nitrogen and oxygen atoms in total. The number of carbonyl (C=O) groups excluding carboxylic acids is 1. The van der Waals surface area contributed by atoms with Crippen molar-refractivity contribution in [2.24, 2.45) is 0 Å². The molecule has 1 N–H and O–H groups in total. The molecule has 2 heterocycles. The monoisotopic (exact) mass is 299 g/mol. The zero-order valence-corrected chi connectivity index (χ0v) is 12.6. The molecule has 2 aromatic rings. The minimum atomic E-state index is -0.00129. The first-order valence-electron chi connectivity index (χ1n) is 7.86. The Bertz CT molecular complexity index is 639. The fourth-order valence-corrected chi connectivity index (χ4v) is 3.07. The molecule has 0 spiro atoms. The number of carbonyl (C=O) groups is 1. The lowest BCUT2D eigenvalue weighted by Gasteiger charge is -2.34. The topological polar surface area (TPSA) is 53.7 Å². The van der Waals surface area contributed by atoms with Crippen molar-refractivity contribution in [3.8, 4) is 0 Å². The van der Waals surface area contributed by atoms with Crippen LogP contribution in [0, 0.1) is 0 Å². The van der Waals surface area contributed by atoms with Gasteiger partial charge in [-0.15, -0.1) is 0 Å². The van der Waals surface area contributed by atoms with Crippen molar-refractivity contribution in [3.63, 3.8) is 0 Å². The van der Waals surface area contributed by atoms with Crippen molar-refractivity contribution in [2.45, 2.75) is 31.7 Å². The van der Waals surface area contributed by atoms with E-state index in [0.717, 1.165) is 36.8 Å². The zero-order chi connectivity index (χ0) is 15.4. The number of aliphatic hydroxyl groups excluding tert-OH is 1. The van der Waals surface area contributed by atoms with Crippen molar-refractivity contribution < 1.29 is 14.3 Å². The highest BCUT2D eigenvalue weighted by atomic mass is 16.3. The molecule has 0 aliphatic carbocycles. The van der Waals surface area contributed by atoms with Gasteiger partial charge in [0, 0.05) is 30.7 Å². The van der Waals surface area contributed by atoms with Gasteiger partial charge in [0.2, 0.25) is 5.91 Å². The Morgan fingerprint density at radius 1 is 1.36 bits per heavy atom. The Morgan fingerprint density at radius 3 is 3.05 bits per heavy atom. The first-order chi connectivity index (χ1) is 10.8. The summed E-state index contributed by atoms with van der Waals surface area (Å²) in [5.41, 5.74) is 0.825. The van der Waals surface area contributed by atoms with Crippen LogP contribution in [0.15, 0.2) is 40.8 Å². The Balaban J connectivity index is 1.71. The number of hydrogen-bond donors (Lipinski definition) is 1. The Hall–Kier alpha value is -2.07. The fourth-order valence-electron chi connectivity index (χ4n) is 3.07. The Morgan fingerprint density at radius 2 is 2.23 bits per heavy atom. The van der Waals surface area contributed by atoms with E-state index in [0.29, 0.717) is 12.2 Å². The van der Waals surface area contributed by atoms with Crippen LogP contribution < -0.4 is 0 Å². The van der Waals surface area contributed by atoms with Crippen LogP contribution >= 0.6 is 0 Å². The summed E-state index contributed by atoms with van der Waals surface area (Å²) in [6.45, 7) is 0.899. The van der Waals surface area contributed by atoms with Gasteiger partial charge in [0.05, 0.1) is 0 Å². The highest BCUT2D eigenvalue weighted by Gasteiger charge is 2.24. The van der Waals surface area contributed by atoms with Crippen LogP contribution in [0.4, 0.5) is 0 Å². The summed E-state index contributed by atoms with van der Waals surface area (Å²) in [4.78, 5) is 14.3. The van der Waals surface area contributed by atoms with Crippen molar-refractivity contribution in [1.82, 2.24) is 4.90 Å². The van der Waals surface area contributed by atoms with Gasteiger partial charge in [0.25, 0.3) is 0 Å². The minimum Gasteiger partial charge on any atom is -0.457 e. The number of likely N-dealkylation sites (tertiary alicyclic amines) is 1. The normalized spacial score (nSPS) is 19.1. The number of amides is 1. The van der Waals surface area contributed by atoms with Gasteiger partial charge < -0.3 is 14.4 Å². The minimum absolute atomic E-state index is 0.00129. The second-order valence-corrected chi connectivity index (χ2v) is 5.71. The standard InChI is InChI=1S/C18H21NO3/c20-12-10-15-6-3-4-11-19(15)18(21)9-8-16-13-14-5-1-2-7-17(14)22-16/h1-2,5,7-9,13,15,20H,3-4,6,10-12H2/b9-8+. The maximum Gasteiger partial charge on any atom is 0.246 e. The molecule has 3 rings (SSSR count).